The number of anilines is 2. The molecule has 9 heteroatoms. The third-order valence-electron chi connectivity index (χ3n) is 3.81. The van der Waals surface area contributed by atoms with E-state index in [9.17, 15) is 8.63 Å². The topological polar surface area (TPSA) is 68.0 Å². The smallest absolute Gasteiger partial charge is 0.323 e. The van der Waals surface area contributed by atoms with E-state index in [1.807, 2.05) is 6.07 Å². The van der Waals surface area contributed by atoms with E-state index in [2.05, 4.69) is 25.4 Å². The van der Waals surface area contributed by atoms with Crippen molar-refractivity contribution in [3.63, 3.8) is 0 Å². The van der Waals surface area contributed by atoms with Gasteiger partial charge in [0.1, 0.15) is 5.82 Å². The van der Waals surface area contributed by atoms with Gasteiger partial charge in [0.25, 0.3) is 0 Å². The van der Waals surface area contributed by atoms with Crippen LogP contribution in [0.25, 0.3) is 10.8 Å². The number of hydrogen-bond donors (Lipinski definition) is 1. The molecule has 3 heterocycles. The molecule has 4 rings (SSSR count). The van der Waals surface area contributed by atoms with E-state index < -0.39 is 7.40 Å². The highest BCUT2D eigenvalue weighted by molar-refractivity contribution is 6.40. The monoisotopic (exact) mass is 362 g/mol. The molecule has 0 radical (unpaired) electrons. The molecule has 0 fully saturated rings. The van der Waals surface area contributed by atoms with Gasteiger partial charge in [0, 0.05) is 23.2 Å². The Hall–Kier alpha value is -3.62. The van der Waals surface area contributed by atoms with Crippen LogP contribution in [0.1, 0.15) is 0 Å². The average Bonchev–Trinajstić information content (AvgIpc) is 2.71. The van der Waals surface area contributed by atoms with E-state index in [-0.39, 0.29) is 11.3 Å². The Bertz CT molecular complexity index is 1130. The van der Waals surface area contributed by atoms with Gasteiger partial charge >= 0.3 is 7.40 Å². The molecule has 27 heavy (non-hydrogen) atoms. The highest BCUT2D eigenvalue weighted by Crippen LogP contribution is 2.21. The average molecular weight is 362 g/mol. The minimum atomic E-state index is -2.87. The van der Waals surface area contributed by atoms with Gasteiger partial charge in [0.15, 0.2) is 17.1 Å². The molecule has 3 aromatic heterocycles. The summed E-state index contributed by atoms with van der Waals surface area (Å²) >= 11 is 0. The van der Waals surface area contributed by atoms with Gasteiger partial charge in [0.2, 0.25) is 0 Å². The van der Waals surface area contributed by atoms with Crippen LogP contribution in [-0.4, -0.2) is 27.1 Å². The Kier molecular flexibility index (Phi) is 4.57. The Morgan fingerprint density at radius 2 is 1.56 bits per heavy atom. The summed E-state index contributed by atoms with van der Waals surface area (Å²) < 4.78 is 28.1. The van der Waals surface area contributed by atoms with Crippen molar-refractivity contribution in [1.82, 2.24) is 19.7 Å². The van der Waals surface area contributed by atoms with Crippen molar-refractivity contribution in [2.24, 2.45) is 4.99 Å². The van der Waals surface area contributed by atoms with Crippen molar-refractivity contribution in [2.45, 2.75) is 0 Å². The molecule has 0 aliphatic rings. The number of aromatic nitrogens is 4. The number of benzene rings is 1. The Morgan fingerprint density at radius 1 is 0.852 bits per heavy atom. The Labute approximate surface area is 153 Å². The third-order valence-corrected chi connectivity index (χ3v) is 3.81. The van der Waals surface area contributed by atoms with Crippen LogP contribution < -0.4 is 10.8 Å². The van der Waals surface area contributed by atoms with Gasteiger partial charge in [-0.15, -0.1) is 0 Å². The molecule has 0 spiro atoms. The summed E-state index contributed by atoms with van der Waals surface area (Å²) in [4.78, 5) is 12.6. The standard InChI is InChI=1S/C18H13BF2N6/c20-19(21)27-18(25-16-10-4-6-12-23-16)14-8-2-1-7-13(14)17(26-27)24-15-9-3-5-11-22-15/h1-12H,(H,22,24,26)/b25-18+. The molecule has 0 atom stereocenters. The number of nitrogens with zero attached hydrogens (tertiary/aromatic N) is 5. The normalized spacial score (nSPS) is 11.6. The highest BCUT2D eigenvalue weighted by atomic mass is 19.2. The lowest BCUT2D eigenvalue weighted by Gasteiger charge is -2.12. The van der Waals surface area contributed by atoms with Crippen molar-refractivity contribution in [2.75, 3.05) is 5.32 Å². The minimum absolute atomic E-state index is 0.0332. The molecule has 0 aliphatic heterocycles. The molecule has 0 aliphatic carbocycles. The number of rotatable bonds is 4. The van der Waals surface area contributed by atoms with Crippen LogP contribution in [0.3, 0.4) is 0 Å². The number of nitrogens with one attached hydrogen (secondary N) is 1. The van der Waals surface area contributed by atoms with Gasteiger partial charge in [-0.05, 0) is 24.3 Å². The number of halogens is 2. The molecule has 0 unspecified atom stereocenters. The molecule has 1 N–H and O–H groups in total. The largest absolute Gasteiger partial charge is 0.696 e. The zero-order valence-corrected chi connectivity index (χ0v) is 14.0. The summed E-state index contributed by atoms with van der Waals surface area (Å²) in [5, 5.41) is 8.26. The second-order valence-corrected chi connectivity index (χ2v) is 5.58. The van der Waals surface area contributed by atoms with E-state index in [1.54, 1.807) is 67.0 Å². The minimum Gasteiger partial charge on any atom is -0.323 e. The molecular weight excluding hydrogens is 349 g/mol. The summed E-state index contributed by atoms with van der Waals surface area (Å²) in [5.74, 6) is 1.10. The Morgan fingerprint density at radius 3 is 2.22 bits per heavy atom. The maximum atomic E-state index is 13.8. The van der Waals surface area contributed by atoms with Crippen molar-refractivity contribution >= 4 is 35.6 Å². The lowest BCUT2D eigenvalue weighted by molar-refractivity contribution is 0.594. The lowest BCUT2D eigenvalue weighted by Crippen LogP contribution is -2.33. The van der Waals surface area contributed by atoms with Crippen LogP contribution in [0.5, 0.6) is 0 Å². The van der Waals surface area contributed by atoms with E-state index in [0.717, 1.165) is 0 Å². The zero-order chi connectivity index (χ0) is 18.6. The van der Waals surface area contributed by atoms with Crippen LogP contribution >= 0.6 is 0 Å². The van der Waals surface area contributed by atoms with Gasteiger partial charge in [-0.1, -0.05) is 36.4 Å². The van der Waals surface area contributed by atoms with Crippen LogP contribution in [0, 0.1) is 0 Å². The summed E-state index contributed by atoms with van der Waals surface area (Å²) in [6.45, 7) is 0. The molecule has 4 aromatic rings. The van der Waals surface area contributed by atoms with Gasteiger partial charge < -0.3 is 5.32 Å². The summed E-state index contributed by atoms with van der Waals surface area (Å²) in [5.41, 5.74) is 0.0332. The fourth-order valence-electron chi connectivity index (χ4n) is 2.64. The van der Waals surface area contributed by atoms with E-state index in [0.29, 0.717) is 27.0 Å². The predicted molar refractivity (Wildman–Crippen MR) is 100 cm³/mol. The molecule has 0 amide bonds. The van der Waals surface area contributed by atoms with Crippen LogP contribution in [0.15, 0.2) is 78.0 Å². The first-order valence-corrected chi connectivity index (χ1v) is 8.16. The quantitative estimate of drug-likeness (QED) is 0.564. The molecule has 0 saturated heterocycles. The first kappa shape index (κ1) is 16.8. The molecule has 6 nitrogen and oxygen atoms in total. The van der Waals surface area contributed by atoms with Gasteiger partial charge in [-0.2, -0.15) is 5.10 Å². The summed E-state index contributed by atoms with van der Waals surface area (Å²) in [6, 6.07) is 17.5. The molecule has 132 valence electrons. The fraction of sp³-hybridized carbons (Fsp3) is 0. The number of pyridine rings is 2. The molecule has 0 bridgehead atoms. The van der Waals surface area contributed by atoms with E-state index >= 15 is 0 Å². The SMILES string of the molecule is FB(F)n1nc(Nc2ccccn2)c2ccccc2/c1=N\c1ccccn1. The van der Waals surface area contributed by atoms with Crippen molar-refractivity contribution in [1.29, 1.82) is 0 Å². The second kappa shape index (κ2) is 7.32. The second-order valence-electron chi connectivity index (χ2n) is 5.58. The summed E-state index contributed by atoms with van der Waals surface area (Å²) in [7, 11) is -2.87. The summed E-state index contributed by atoms with van der Waals surface area (Å²) in [6.07, 6.45) is 3.16. The maximum absolute atomic E-state index is 13.8. The van der Waals surface area contributed by atoms with Gasteiger partial charge in [-0.3, -0.25) is 8.63 Å². The molecule has 0 saturated carbocycles. The van der Waals surface area contributed by atoms with Crippen LogP contribution in [0.4, 0.5) is 26.1 Å². The van der Waals surface area contributed by atoms with Gasteiger partial charge in [-0.25, -0.2) is 19.6 Å². The van der Waals surface area contributed by atoms with Crippen molar-refractivity contribution in [3.8, 4) is 0 Å². The van der Waals surface area contributed by atoms with Gasteiger partial charge in [0.05, 0.1) is 0 Å². The van der Waals surface area contributed by atoms with Crippen LogP contribution in [-0.2, 0) is 0 Å². The third kappa shape index (κ3) is 3.52. The first-order chi connectivity index (χ1) is 13.2. The van der Waals surface area contributed by atoms with Crippen molar-refractivity contribution < 1.29 is 8.63 Å². The Balaban J connectivity index is 1.98. The first-order valence-electron chi connectivity index (χ1n) is 8.16. The zero-order valence-electron chi connectivity index (χ0n) is 14.0. The molecule has 1 aromatic carbocycles. The highest BCUT2D eigenvalue weighted by Gasteiger charge is 2.22. The van der Waals surface area contributed by atoms with Crippen molar-refractivity contribution in [3.05, 3.63) is 78.5 Å². The maximum Gasteiger partial charge on any atom is 0.696 e. The molecular formula is C18H13BF2N6. The fourth-order valence-corrected chi connectivity index (χ4v) is 2.64. The lowest BCUT2D eigenvalue weighted by atomic mass is 10.1. The predicted octanol–water partition coefficient (Wildman–Crippen LogP) is 3.57. The van der Waals surface area contributed by atoms with E-state index in [1.165, 1.54) is 0 Å². The van der Waals surface area contributed by atoms with E-state index in [4.69, 9.17) is 0 Å². The number of fused-ring (bicyclic) bond motifs is 1. The number of hydrogen-bond acceptors (Lipinski definition) is 5. The van der Waals surface area contributed by atoms with Crippen LogP contribution in [0.2, 0.25) is 0 Å².